The molecule has 2 rings (SSSR count). The number of amides is 2. The maximum absolute atomic E-state index is 11.9. The standard InChI is InChI=1S/C13H13N3O2/c1-3-9-7-11(17)16(8-9)12-10(13(18)14-2)5-4-6-15-12/h1,4-6,9H,7-8H2,2H3,(H,14,18). The van der Waals surface area contributed by atoms with Crippen LogP contribution in [0.3, 0.4) is 0 Å². The van der Waals surface area contributed by atoms with Crippen LogP contribution in [0.4, 0.5) is 5.82 Å². The second-order valence-corrected chi connectivity index (χ2v) is 4.03. The fourth-order valence-electron chi connectivity index (χ4n) is 1.95. The van der Waals surface area contributed by atoms with Crippen LogP contribution in [0.25, 0.3) is 0 Å². The van der Waals surface area contributed by atoms with Gasteiger partial charge >= 0.3 is 0 Å². The van der Waals surface area contributed by atoms with Crippen molar-refractivity contribution in [2.75, 3.05) is 18.5 Å². The molecule has 2 heterocycles. The third kappa shape index (κ3) is 2.05. The number of carbonyl (C=O) groups excluding carboxylic acids is 2. The summed E-state index contributed by atoms with van der Waals surface area (Å²) >= 11 is 0. The van der Waals surface area contributed by atoms with E-state index in [-0.39, 0.29) is 17.7 Å². The number of pyridine rings is 1. The van der Waals surface area contributed by atoms with E-state index in [1.807, 2.05) is 0 Å². The van der Waals surface area contributed by atoms with Crippen LogP contribution >= 0.6 is 0 Å². The van der Waals surface area contributed by atoms with Crippen LogP contribution in [0.1, 0.15) is 16.8 Å². The highest BCUT2D eigenvalue weighted by molar-refractivity contribution is 6.04. The predicted octanol–water partition coefficient (Wildman–Crippen LogP) is 0.427. The topological polar surface area (TPSA) is 62.3 Å². The molecular formula is C13H13N3O2. The van der Waals surface area contributed by atoms with Crippen molar-refractivity contribution in [3.63, 3.8) is 0 Å². The lowest BCUT2D eigenvalue weighted by Gasteiger charge is -2.17. The van der Waals surface area contributed by atoms with E-state index >= 15 is 0 Å². The van der Waals surface area contributed by atoms with Crippen molar-refractivity contribution in [3.8, 4) is 12.3 Å². The van der Waals surface area contributed by atoms with Crippen molar-refractivity contribution in [2.24, 2.45) is 5.92 Å². The Morgan fingerprint density at radius 3 is 3.06 bits per heavy atom. The first-order valence-corrected chi connectivity index (χ1v) is 5.61. The average molecular weight is 243 g/mol. The number of terminal acetylenes is 1. The fraction of sp³-hybridized carbons (Fsp3) is 0.308. The molecular weight excluding hydrogens is 230 g/mol. The van der Waals surface area contributed by atoms with Gasteiger partial charge in [-0.2, -0.15) is 0 Å². The first kappa shape index (κ1) is 12.1. The molecule has 1 aromatic heterocycles. The summed E-state index contributed by atoms with van der Waals surface area (Å²) in [6.45, 7) is 0.413. The van der Waals surface area contributed by atoms with Gasteiger partial charge in [0.2, 0.25) is 5.91 Å². The number of anilines is 1. The number of nitrogens with zero attached hydrogens (tertiary/aromatic N) is 2. The number of rotatable bonds is 2. The molecule has 0 aromatic carbocycles. The van der Waals surface area contributed by atoms with E-state index in [0.717, 1.165) is 0 Å². The molecule has 1 saturated heterocycles. The Balaban J connectivity index is 2.37. The summed E-state index contributed by atoms with van der Waals surface area (Å²) in [5.41, 5.74) is 0.381. The Hall–Kier alpha value is -2.35. The van der Waals surface area contributed by atoms with Gasteiger partial charge in [-0.25, -0.2) is 4.98 Å². The highest BCUT2D eigenvalue weighted by atomic mass is 16.2. The Morgan fingerprint density at radius 2 is 2.44 bits per heavy atom. The van der Waals surface area contributed by atoms with E-state index in [9.17, 15) is 9.59 Å². The predicted molar refractivity (Wildman–Crippen MR) is 66.9 cm³/mol. The first-order valence-electron chi connectivity index (χ1n) is 5.61. The SMILES string of the molecule is C#CC1CC(=O)N(c2ncccc2C(=O)NC)C1. The monoisotopic (exact) mass is 243 g/mol. The maximum atomic E-state index is 11.9. The normalized spacial score (nSPS) is 18.6. The lowest BCUT2D eigenvalue weighted by Crippen LogP contribution is -2.29. The van der Waals surface area contributed by atoms with Crippen LogP contribution in [-0.2, 0) is 4.79 Å². The molecule has 1 aromatic rings. The van der Waals surface area contributed by atoms with E-state index in [0.29, 0.717) is 24.3 Å². The Bertz CT molecular complexity index is 533. The third-order valence-corrected chi connectivity index (χ3v) is 2.87. The number of aromatic nitrogens is 1. The van der Waals surface area contributed by atoms with Crippen molar-refractivity contribution in [1.29, 1.82) is 0 Å². The molecule has 1 N–H and O–H groups in total. The second kappa shape index (κ2) is 4.88. The Labute approximate surface area is 105 Å². The molecule has 5 heteroatoms. The summed E-state index contributed by atoms with van der Waals surface area (Å²) in [5.74, 6) is 2.46. The van der Waals surface area contributed by atoms with E-state index in [2.05, 4.69) is 16.2 Å². The first-order chi connectivity index (χ1) is 8.67. The van der Waals surface area contributed by atoms with Crippen LogP contribution in [0, 0.1) is 18.3 Å². The van der Waals surface area contributed by atoms with Crippen LogP contribution < -0.4 is 10.2 Å². The van der Waals surface area contributed by atoms with Crippen LogP contribution in [0.2, 0.25) is 0 Å². The van der Waals surface area contributed by atoms with Crippen molar-refractivity contribution in [3.05, 3.63) is 23.9 Å². The Morgan fingerprint density at radius 1 is 1.67 bits per heavy atom. The molecule has 0 aliphatic carbocycles. The molecule has 2 amide bonds. The van der Waals surface area contributed by atoms with E-state index in [1.165, 1.54) is 11.9 Å². The van der Waals surface area contributed by atoms with Gasteiger partial charge in [0.25, 0.3) is 5.91 Å². The summed E-state index contributed by atoms with van der Waals surface area (Å²) in [5, 5.41) is 2.53. The number of hydrogen-bond donors (Lipinski definition) is 1. The molecule has 1 unspecified atom stereocenters. The summed E-state index contributed by atoms with van der Waals surface area (Å²) in [7, 11) is 1.54. The summed E-state index contributed by atoms with van der Waals surface area (Å²) < 4.78 is 0. The molecule has 1 fully saturated rings. The van der Waals surface area contributed by atoms with Crippen molar-refractivity contribution >= 4 is 17.6 Å². The van der Waals surface area contributed by atoms with Gasteiger partial charge in [-0.15, -0.1) is 12.3 Å². The van der Waals surface area contributed by atoms with Gasteiger partial charge in [0.05, 0.1) is 5.56 Å². The van der Waals surface area contributed by atoms with Crippen molar-refractivity contribution < 1.29 is 9.59 Å². The molecule has 1 atom stereocenters. The molecule has 1 aliphatic heterocycles. The fourth-order valence-corrected chi connectivity index (χ4v) is 1.95. The molecule has 18 heavy (non-hydrogen) atoms. The minimum atomic E-state index is -0.268. The zero-order valence-electron chi connectivity index (χ0n) is 10.0. The van der Waals surface area contributed by atoms with Crippen LogP contribution in [-0.4, -0.2) is 30.4 Å². The average Bonchev–Trinajstić information content (AvgIpc) is 2.79. The number of hydrogen-bond acceptors (Lipinski definition) is 3. The summed E-state index contributed by atoms with van der Waals surface area (Å²) in [6, 6.07) is 3.30. The second-order valence-electron chi connectivity index (χ2n) is 4.03. The quantitative estimate of drug-likeness (QED) is 0.766. The summed E-state index contributed by atoms with van der Waals surface area (Å²) in [4.78, 5) is 29.2. The van der Waals surface area contributed by atoms with Crippen molar-refractivity contribution in [1.82, 2.24) is 10.3 Å². The smallest absolute Gasteiger partial charge is 0.254 e. The highest BCUT2D eigenvalue weighted by Gasteiger charge is 2.32. The minimum Gasteiger partial charge on any atom is -0.355 e. The third-order valence-electron chi connectivity index (χ3n) is 2.87. The van der Waals surface area contributed by atoms with Gasteiger partial charge in [0, 0.05) is 32.1 Å². The van der Waals surface area contributed by atoms with Crippen LogP contribution in [0.15, 0.2) is 18.3 Å². The zero-order chi connectivity index (χ0) is 13.1. The van der Waals surface area contributed by atoms with E-state index in [4.69, 9.17) is 6.42 Å². The van der Waals surface area contributed by atoms with Crippen LogP contribution in [0.5, 0.6) is 0 Å². The molecule has 5 nitrogen and oxygen atoms in total. The van der Waals surface area contributed by atoms with Gasteiger partial charge < -0.3 is 5.32 Å². The van der Waals surface area contributed by atoms with Gasteiger partial charge in [-0.1, -0.05) is 0 Å². The van der Waals surface area contributed by atoms with Gasteiger partial charge in [-0.3, -0.25) is 14.5 Å². The minimum absolute atomic E-state index is 0.0956. The lowest BCUT2D eigenvalue weighted by atomic mass is 10.1. The van der Waals surface area contributed by atoms with E-state index < -0.39 is 0 Å². The number of carbonyl (C=O) groups is 2. The zero-order valence-corrected chi connectivity index (χ0v) is 10.0. The maximum Gasteiger partial charge on any atom is 0.254 e. The number of nitrogens with one attached hydrogen (secondary N) is 1. The molecule has 0 bridgehead atoms. The van der Waals surface area contributed by atoms with Gasteiger partial charge in [-0.05, 0) is 12.1 Å². The highest BCUT2D eigenvalue weighted by Crippen LogP contribution is 2.25. The van der Waals surface area contributed by atoms with E-state index in [1.54, 1.807) is 18.3 Å². The molecule has 1 aliphatic rings. The molecule has 0 saturated carbocycles. The Kier molecular flexibility index (Phi) is 3.28. The molecule has 0 spiro atoms. The van der Waals surface area contributed by atoms with Crippen molar-refractivity contribution in [2.45, 2.75) is 6.42 Å². The molecule has 92 valence electrons. The largest absolute Gasteiger partial charge is 0.355 e. The van der Waals surface area contributed by atoms with Gasteiger partial charge in [0.1, 0.15) is 5.82 Å². The summed E-state index contributed by atoms with van der Waals surface area (Å²) in [6.07, 6.45) is 7.19. The van der Waals surface area contributed by atoms with Gasteiger partial charge in [0.15, 0.2) is 0 Å². The lowest BCUT2D eigenvalue weighted by molar-refractivity contribution is -0.117. The molecule has 0 radical (unpaired) electrons.